The van der Waals surface area contributed by atoms with E-state index in [-0.39, 0.29) is 6.03 Å². The van der Waals surface area contributed by atoms with E-state index in [2.05, 4.69) is 11.4 Å². The van der Waals surface area contributed by atoms with Crippen LogP contribution in [-0.4, -0.2) is 31.1 Å². The second-order valence-corrected chi connectivity index (χ2v) is 5.73. The number of hydrogen-bond donors (Lipinski definition) is 1. The van der Waals surface area contributed by atoms with Crippen LogP contribution < -0.4 is 14.8 Å². The highest BCUT2D eigenvalue weighted by Crippen LogP contribution is 2.32. The largest absolute Gasteiger partial charge is 0.493 e. The van der Waals surface area contributed by atoms with Crippen molar-refractivity contribution in [3.8, 4) is 23.3 Å². The zero-order chi connectivity index (χ0) is 17.6. The van der Waals surface area contributed by atoms with E-state index >= 15 is 0 Å². The fraction of sp³-hybridized carbons (Fsp3) is 0.263. The van der Waals surface area contributed by atoms with Gasteiger partial charge in [-0.05, 0) is 49.2 Å². The molecule has 0 aromatic heterocycles. The highest BCUT2D eigenvalue weighted by molar-refractivity contribution is 5.89. The number of methoxy groups -OCH3 is 1. The lowest BCUT2D eigenvalue weighted by Gasteiger charge is -2.16. The van der Waals surface area contributed by atoms with E-state index < -0.39 is 0 Å². The molecule has 1 N–H and O–H groups in total. The number of nitrogens with one attached hydrogen (secondary N) is 1. The molecule has 25 heavy (non-hydrogen) atoms. The third-order valence-electron chi connectivity index (χ3n) is 4.02. The Labute approximate surface area is 146 Å². The number of nitriles is 1. The number of nitrogens with zero attached hydrogens (tertiary/aromatic N) is 2. The van der Waals surface area contributed by atoms with Crippen molar-refractivity contribution in [3.63, 3.8) is 0 Å². The Bertz CT molecular complexity index is 791. The van der Waals surface area contributed by atoms with E-state index in [4.69, 9.17) is 14.7 Å². The van der Waals surface area contributed by atoms with Gasteiger partial charge in [-0.15, -0.1) is 0 Å². The molecule has 0 saturated carbocycles. The van der Waals surface area contributed by atoms with Gasteiger partial charge in [-0.2, -0.15) is 5.26 Å². The smallest absolute Gasteiger partial charge is 0.321 e. The van der Waals surface area contributed by atoms with Gasteiger partial charge in [-0.1, -0.05) is 0 Å². The maximum atomic E-state index is 12.1. The molecule has 6 heteroatoms. The summed E-state index contributed by atoms with van der Waals surface area (Å²) in [5, 5.41) is 11.8. The van der Waals surface area contributed by atoms with Crippen LogP contribution in [0.4, 0.5) is 10.5 Å². The molecule has 6 nitrogen and oxygen atoms in total. The molecule has 0 aliphatic carbocycles. The molecule has 1 aliphatic rings. The quantitative estimate of drug-likeness (QED) is 0.915. The van der Waals surface area contributed by atoms with Crippen LogP contribution in [0.3, 0.4) is 0 Å². The second kappa shape index (κ2) is 7.58. The molecule has 2 amide bonds. The summed E-state index contributed by atoms with van der Waals surface area (Å²) in [5.41, 5.74) is 1.22. The summed E-state index contributed by atoms with van der Waals surface area (Å²) in [5.74, 6) is 1.63. The van der Waals surface area contributed by atoms with Crippen molar-refractivity contribution in [2.24, 2.45) is 0 Å². The van der Waals surface area contributed by atoms with Crippen LogP contribution in [0.15, 0.2) is 42.5 Å². The van der Waals surface area contributed by atoms with Crippen LogP contribution >= 0.6 is 0 Å². The number of ether oxygens (including phenoxy) is 2. The number of anilines is 1. The molecular weight excluding hydrogens is 318 g/mol. The summed E-state index contributed by atoms with van der Waals surface area (Å²) >= 11 is 0. The third-order valence-corrected chi connectivity index (χ3v) is 4.02. The number of likely N-dealkylation sites (tertiary alicyclic amines) is 1. The van der Waals surface area contributed by atoms with E-state index in [0.717, 1.165) is 31.6 Å². The first-order chi connectivity index (χ1) is 12.2. The fourth-order valence-electron chi connectivity index (χ4n) is 2.68. The average Bonchev–Trinajstić information content (AvgIpc) is 3.18. The first-order valence-electron chi connectivity index (χ1n) is 8.11. The molecule has 0 unspecified atom stereocenters. The first-order valence-corrected chi connectivity index (χ1v) is 8.11. The van der Waals surface area contributed by atoms with E-state index in [1.807, 2.05) is 4.90 Å². The molecule has 1 heterocycles. The Morgan fingerprint density at radius 3 is 2.48 bits per heavy atom. The van der Waals surface area contributed by atoms with Gasteiger partial charge >= 0.3 is 6.03 Å². The van der Waals surface area contributed by atoms with Crippen LogP contribution in [0.2, 0.25) is 0 Å². The number of carbonyl (C=O) groups excluding carboxylic acids is 1. The molecule has 3 rings (SSSR count). The summed E-state index contributed by atoms with van der Waals surface area (Å²) in [6, 6.07) is 14.1. The van der Waals surface area contributed by atoms with Crippen molar-refractivity contribution in [2.45, 2.75) is 12.8 Å². The monoisotopic (exact) mass is 337 g/mol. The lowest BCUT2D eigenvalue weighted by atomic mass is 10.2. The number of benzene rings is 2. The van der Waals surface area contributed by atoms with Gasteiger partial charge in [0.05, 0.1) is 18.7 Å². The summed E-state index contributed by atoms with van der Waals surface area (Å²) in [6.45, 7) is 1.62. The van der Waals surface area contributed by atoms with Crippen molar-refractivity contribution in [2.75, 3.05) is 25.5 Å². The van der Waals surface area contributed by atoms with Gasteiger partial charge in [0.1, 0.15) is 5.75 Å². The molecule has 2 aromatic rings. The fourth-order valence-corrected chi connectivity index (χ4v) is 2.68. The van der Waals surface area contributed by atoms with Crippen LogP contribution in [-0.2, 0) is 0 Å². The maximum Gasteiger partial charge on any atom is 0.321 e. The van der Waals surface area contributed by atoms with E-state index in [9.17, 15) is 4.79 Å². The second-order valence-electron chi connectivity index (χ2n) is 5.73. The predicted octanol–water partition coefficient (Wildman–Crippen LogP) is 3.99. The van der Waals surface area contributed by atoms with E-state index in [1.54, 1.807) is 42.5 Å². The summed E-state index contributed by atoms with van der Waals surface area (Å²) < 4.78 is 11.1. The van der Waals surface area contributed by atoms with Gasteiger partial charge in [0.25, 0.3) is 0 Å². The van der Waals surface area contributed by atoms with Crippen LogP contribution in [0, 0.1) is 11.3 Å². The lowest BCUT2D eigenvalue weighted by molar-refractivity contribution is 0.222. The Balaban J connectivity index is 1.66. The maximum absolute atomic E-state index is 12.1. The highest BCUT2D eigenvalue weighted by atomic mass is 16.5. The number of urea groups is 1. The standard InChI is InChI=1S/C19H19N3O3/c1-24-18-12-14(13-20)4-9-17(18)25-16-7-5-15(6-8-16)21-19(23)22-10-2-3-11-22/h4-9,12H,2-3,10-11H2,1H3,(H,21,23). The summed E-state index contributed by atoms with van der Waals surface area (Å²) in [6.07, 6.45) is 2.12. The number of hydrogen-bond acceptors (Lipinski definition) is 4. The average molecular weight is 337 g/mol. The highest BCUT2D eigenvalue weighted by Gasteiger charge is 2.17. The minimum atomic E-state index is -0.0695. The van der Waals surface area contributed by atoms with Gasteiger partial charge in [-0.3, -0.25) is 0 Å². The van der Waals surface area contributed by atoms with Gasteiger partial charge in [-0.25, -0.2) is 4.79 Å². The molecule has 0 spiro atoms. The molecule has 0 atom stereocenters. The summed E-state index contributed by atoms with van der Waals surface area (Å²) in [7, 11) is 1.53. The minimum absolute atomic E-state index is 0.0695. The molecule has 2 aromatic carbocycles. The molecule has 0 radical (unpaired) electrons. The Hall–Kier alpha value is -3.20. The van der Waals surface area contributed by atoms with Gasteiger partial charge in [0.2, 0.25) is 0 Å². The molecular formula is C19H19N3O3. The Morgan fingerprint density at radius 2 is 1.84 bits per heavy atom. The van der Waals surface area contributed by atoms with Crippen molar-refractivity contribution in [3.05, 3.63) is 48.0 Å². The van der Waals surface area contributed by atoms with Crippen molar-refractivity contribution in [1.82, 2.24) is 4.90 Å². The predicted molar refractivity (Wildman–Crippen MR) is 94.1 cm³/mol. The Morgan fingerprint density at radius 1 is 1.12 bits per heavy atom. The van der Waals surface area contributed by atoms with Gasteiger partial charge < -0.3 is 19.7 Å². The number of rotatable bonds is 4. The third kappa shape index (κ3) is 4.01. The van der Waals surface area contributed by atoms with Crippen LogP contribution in [0.25, 0.3) is 0 Å². The van der Waals surface area contributed by atoms with E-state index in [1.165, 1.54) is 7.11 Å². The number of carbonyl (C=O) groups is 1. The first kappa shape index (κ1) is 16.7. The molecule has 128 valence electrons. The molecule has 1 aliphatic heterocycles. The van der Waals surface area contributed by atoms with Crippen LogP contribution in [0.5, 0.6) is 17.2 Å². The molecule has 1 fully saturated rings. The van der Waals surface area contributed by atoms with E-state index in [0.29, 0.717) is 22.8 Å². The van der Waals surface area contributed by atoms with Gasteiger partial charge in [0.15, 0.2) is 11.5 Å². The molecule has 0 bridgehead atoms. The van der Waals surface area contributed by atoms with Crippen molar-refractivity contribution in [1.29, 1.82) is 5.26 Å². The zero-order valence-corrected chi connectivity index (χ0v) is 14.0. The topological polar surface area (TPSA) is 74.6 Å². The SMILES string of the molecule is COc1cc(C#N)ccc1Oc1ccc(NC(=O)N2CCCC2)cc1. The normalized spacial score (nSPS) is 13.2. The van der Waals surface area contributed by atoms with Crippen molar-refractivity contribution < 1.29 is 14.3 Å². The summed E-state index contributed by atoms with van der Waals surface area (Å²) in [4.78, 5) is 13.9. The zero-order valence-electron chi connectivity index (χ0n) is 14.0. The van der Waals surface area contributed by atoms with Crippen molar-refractivity contribution >= 4 is 11.7 Å². The number of amides is 2. The van der Waals surface area contributed by atoms with Crippen LogP contribution in [0.1, 0.15) is 18.4 Å². The molecule has 1 saturated heterocycles. The Kier molecular flexibility index (Phi) is 5.05. The lowest BCUT2D eigenvalue weighted by Crippen LogP contribution is -2.32. The van der Waals surface area contributed by atoms with Gasteiger partial charge in [0, 0.05) is 24.8 Å². The minimum Gasteiger partial charge on any atom is -0.493 e.